The van der Waals surface area contributed by atoms with Crippen molar-refractivity contribution < 1.29 is 19.0 Å². The number of methoxy groups -OCH3 is 2. The maximum Gasteiger partial charge on any atom is 0.338 e. The molecule has 0 saturated carbocycles. The van der Waals surface area contributed by atoms with E-state index in [0.717, 1.165) is 11.4 Å². The second-order valence-electron chi connectivity index (χ2n) is 3.87. The van der Waals surface area contributed by atoms with Gasteiger partial charge in [0.05, 0.1) is 18.4 Å². The van der Waals surface area contributed by atoms with Crippen LogP contribution in [-0.2, 0) is 14.3 Å². The molecule has 5 nitrogen and oxygen atoms in total. The minimum Gasteiger partial charge on any atom is -0.497 e. The largest absolute Gasteiger partial charge is 0.497 e. The summed E-state index contributed by atoms with van der Waals surface area (Å²) in [6.07, 6.45) is -0.667. The van der Waals surface area contributed by atoms with E-state index in [0.29, 0.717) is 11.3 Å². The normalized spacial score (nSPS) is 18.8. The standard InChI is InChI=1S/C13H15NO4/c1-8-11(13(17-3)18-12(8)15)14-9-4-6-10(16-2)7-5-9/h4-7,13-14H,1-3H3/t13-/m0/s1. The molecule has 1 aromatic rings. The molecule has 0 spiro atoms. The highest BCUT2D eigenvalue weighted by Gasteiger charge is 2.31. The number of carbonyl (C=O) groups excluding carboxylic acids is 1. The number of benzene rings is 1. The molecule has 1 aliphatic rings. The number of rotatable bonds is 4. The van der Waals surface area contributed by atoms with E-state index in [1.54, 1.807) is 14.0 Å². The first kappa shape index (κ1) is 12.4. The fourth-order valence-electron chi connectivity index (χ4n) is 1.68. The predicted molar refractivity (Wildman–Crippen MR) is 66.2 cm³/mol. The van der Waals surface area contributed by atoms with Crippen LogP contribution in [0.1, 0.15) is 6.92 Å². The van der Waals surface area contributed by atoms with Gasteiger partial charge in [0, 0.05) is 12.8 Å². The van der Waals surface area contributed by atoms with Crippen LogP contribution in [0.25, 0.3) is 0 Å². The smallest absolute Gasteiger partial charge is 0.338 e. The Kier molecular flexibility index (Phi) is 3.53. The Balaban J connectivity index is 2.19. The number of carbonyl (C=O) groups is 1. The third kappa shape index (κ3) is 2.31. The number of hydrogen-bond donors (Lipinski definition) is 1. The van der Waals surface area contributed by atoms with Gasteiger partial charge in [-0.05, 0) is 31.2 Å². The molecular weight excluding hydrogens is 234 g/mol. The van der Waals surface area contributed by atoms with Crippen molar-refractivity contribution in [2.75, 3.05) is 19.5 Å². The Hall–Kier alpha value is -2.01. The summed E-state index contributed by atoms with van der Waals surface area (Å²) in [6.45, 7) is 1.70. The van der Waals surface area contributed by atoms with Crippen LogP contribution >= 0.6 is 0 Å². The summed E-state index contributed by atoms with van der Waals surface area (Å²) >= 11 is 0. The van der Waals surface area contributed by atoms with E-state index in [2.05, 4.69) is 5.32 Å². The molecule has 5 heteroatoms. The van der Waals surface area contributed by atoms with Gasteiger partial charge in [-0.25, -0.2) is 4.79 Å². The first-order valence-corrected chi connectivity index (χ1v) is 5.51. The predicted octanol–water partition coefficient (Wildman–Crippen LogP) is 1.91. The summed E-state index contributed by atoms with van der Waals surface area (Å²) in [5.74, 6) is 0.408. The van der Waals surface area contributed by atoms with Crippen molar-refractivity contribution in [1.29, 1.82) is 0 Å². The lowest BCUT2D eigenvalue weighted by atomic mass is 10.2. The Morgan fingerprint density at radius 3 is 2.44 bits per heavy atom. The molecule has 0 bridgehead atoms. The number of ether oxygens (including phenoxy) is 3. The zero-order valence-corrected chi connectivity index (χ0v) is 10.5. The van der Waals surface area contributed by atoms with Gasteiger partial charge in [0.15, 0.2) is 0 Å². The fourth-order valence-corrected chi connectivity index (χ4v) is 1.68. The van der Waals surface area contributed by atoms with E-state index in [-0.39, 0.29) is 5.97 Å². The SMILES string of the molecule is COc1ccc(NC2=C(C)C(=O)O[C@@H]2OC)cc1. The molecule has 1 aromatic carbocycles. The van der Waals surface area contributed by atoms with Crippen molar-refractivity contribution >= 4 is 11.7 Å². The summed E-state index contributed by atoms with van der Waals surface area (Å²) in [5, 5.41) is 3.13. The van der Waals surface area contributed by atoms with Crippen LogP contribution in [-0.4, -0.2) is 26.5 Å². The minimum atomic E-state index is -0.667. The first-order chi connectivity index (χ1) is 8.65. The van der Waals surface area contributed by atoms with Crippen molar-refractivity contribution in [2.45, 2.75) is 13.2 Å². The Bertz CT molecular complexity index is 478. The lowest BCUT2D eigenvalue weighted by molar-refractivity contribution is -0.155. The fraction of sp³-hybridized carbons (Fsp3) is 0.308. The van der Waals surface area contributed by atoms with E-state index < -0.39 is 6.29 Å². The Labute approximate surface area is 105 Å². The van der Waals surface area contributed by atoms with Gasteiger partial charge in [0.25, 0.3) is 0 Å². The second-order valence-corrected chi connectivity index (χ2v) is 3.87. The number of cyclic esters (lactones) is 1. The van der Waals surface area contributed by atoms with E-state index in [9.17, 15) is 4.79 Å². The lowest BCUT2D eigenvalue weighted by Crippen LogP contribution is -2.18. The molecule has 0 unspecified atom stereocenters. The van der Waals surface area contributed by atoms with Crippen LogP contribution < -0.4 is 10.1 Å². The summed E-state index contributed by atoms with van der Waals surface area (Å²) in [7, 11) is 3.10. The van der Waals surface area contributed by atoms with E-state index in [4.69, 9.17) is 14.2 Å². The number of hydrogen-bond acceptors (Lipinski definition) is 5. The molecule has 96 valence electrons. The van der Waals surface area contributed by atoms with Crippen LogP contribution in [0.15, 0.2) is 35.5 Å². The molecule has 0 aromatic heterocycles. The van der Waals surface area contributed by atoms with E-state index in [1.807, 2.05) is 24.3 Å². The van der Waals surface area contributed by atoms with Gasteiger partial charge in [-0.3, -0.25) is 0 Å². The summed E-state index contributed by atoms with van der Waals surface area (Å²) in [6, 6.07) is 7.37. The lowest BCUT2D eigenvalue weighted by Gasteiger charge is -2.14. The van der Waals surface area contributed by atoms with Crippen molar-refractivity contribution in [3.05, 3.63) is 35.5 Å². The van der Waals surface area contributed by atoms with E-state index in [1.165, 1.54) is 7.11 Å². The molecule has 1 aliphatic heterocycles. The molecule has 1 N–H and O–H groups in total. The van der Waals surface area contributed by atoms with Crippen LogP contribution in [0.2, 0.25) is 0 Å². The van der Waals surface area contributed by atoms with Crippen molar-refractivity contribution in [3.8, 4) is 5.75 Å². The Morgan fingerprint density at radius 1 is 1.22 bits per heavy atom. The number of nitrogens with one attached hydrogen (secondary N) is 1. The zero-order valence-electron chi connectivity index (χ0n) is 10.5. The zero-order chi connectivity index (χ0) is 13.1. The highest BCUT2D eigenvalue weighted by Crippen LogP contribution is 2.25. The average Bonchev–Trinajstić information content (AvgIpc) is 2.67. The van der Waals surface area contributed by atoms with Gasteiger partial charge in [0.1, 0.15) is 5.75 Å². The van der Waals surface area contributed by atoms with Crippen LogP contribution in [0, 0.1) is 0 Å². The molecule has 2 rings (SSSR count). The van der Waals surface area contributed by atoms with Gasteiger partial charge in [-0.15, -0.1) is 0 Å². The molecule has 1 heterocycles. The maximum atomic E-state index is 11.4. The van der Waals surface area contributed by atoms with Crippen LogP contribution in [0.4, 0.5) is 5.69 Å². The van der Waals surface area contributed by atoms with Crippen molar-refractivity contribution in [3.63, 3.8) is 0 Å². The summed E-state index contributed by atoms with van der Waals surface area (Å²) < 4.78 is 15.2. The molecule has 0 radical (unpaired) electrons. The molecule has 0 fully saturated rings. The first-order valence-electron chi connectivity index (χ1n) is 5.51. The van der Waals surface area contributed by atoms with Crippen LogP contribution in [0.3, 0.4) is 0 Å². The topological polar surface area (TPSA) is 56.8 Å². The number of esters is 1. The number of anilines is 1. The molecular formula is C13H15NO4. The van der Waals surface area contributed by atoms with Crippen molar-refractivity contribution in [2.24, 2.45) is 0 Å². The highest BCUT2D eigenvalue weighted by atomic mass is 16.7. The second kappa shape index (κ2) is 5.10. The van der Waals surface area contributed by atoms with Gasteiger partial charge < -0.3 is 19.5 Å². The molecule has 0 saturated heterocycles. The Morgan fingerprint density at radius 2 is 1.89 bits per heavy atom. The monoisotopic (exact) mass is 249 g/mol. The quantitative estimate of drug-likeness (QED) is 0.826. The molecule has 0 aliphatic carbocycles. The summed E-state index contributed by atoms with van der Waals surface area (Å²) in [4.78, 5) is 11.4. The maximum absolute atomic E-state index is 11.4. The third-order valence-corrected chi connectivity index (χ3v) is 2.74. The molecule has 0 amide bonds. The highest BCUT2D eigenvalue weighted by molar-refractivity contribution is 5.92. The average molecular weight is 249 g/mol. The summed E-state index contributed by atoms with van der Waals surface area (Å²) in [5.41, 5.74) is 2.00. The minimum absolute atomic E-state index is 0.363. The van der Waals surface area contributed by atoms with Gasteiger partial charge >= 0.3 is 5.97 Å². The van der Waals surface area contributed by atoms with Gasteiger partial charge in [-0.2, -0.15) is 0 Å². The van der Waals surface area contributed by atoms with E-state index >= 15 is 0 Å². The van der Waals surface area contributed by atoms with Crippen LogP contribution in [0.5, 0.6) is 5.75 Å². The van der Waals surface area contributed by atoms with Crippen molar-refractivity contribution in [1.82, 2.24) is 0 Å². The molecule has 1 atom stereocenters. The molecule has 18 heavy (non-hydrogen) atoms. The van der Waals surface area contributed by atoms with Gasteiger partial charge in [-0.1, -0.05) is 0 Å². The van der Waals surface area contributed by atoms with Gasteiger partial charge in [0.2, 0.25) is 6.29 Å². The third-order valence-electron chi connectivity index (χ3n) is 2.74.